The number of nitrogens with zero attached hydrogens (tertiary/aromatic N) is 3. The molecule has 3 rings (SSSR count). The highest BCUT2D eigenvalue weighted by Gasteiger charge is 2.11. The van der Waals surface area contributed by atoms with Gasteiger partial charge in [-0.3, -0.25) is 4.98 Å². The first kappa shape index (κ1) is 13.1. The normalized spacial score (nSPS) is 10.3. The molecular weight excluding hydrogens is 260 g/mol. The molecule has 1 aromatic carbocycles. The summed E-state index contributed by atoms with van der Waals surface area (Å²) in [5.41, 5.74) is 5.60. The van der Waals surface area contributed by atoms with Crippen LogP contribution in [0.15, 0.2) is 42.7 Å². The molecule has 0 aliphatic rings. The van der Waals surface area contributed by atoms with E-state index in [-0.39, 0.29) is 0 Å². The van der Waals surface area contributed by atoms with Crippen LogP contribution in [0.2, 0.25) is 0 Å². The number of nitrogens with one attached hydrogen (secondary N) is 1. The van der Waals surface area contributed by atoms with Gasteiger partial charge in [-0.2, -0.15) is 5.26 Å². The van der Waals surface area contributed by atoms with Gasteiger partial charge in [-0.25, -0.2) is 4.98 Å². The number of hydrogen-bond acceptors (Lipinski definition) is 3. The molecule has 0 spiro atoms. The van der Waals surface area contributed by atoms with E-state index in [9.17, 15) is 0 Å². The maximum absolute atomic E-state index is 9.12. The molecule has 0 fully saturated rings. The Bertz CT molecular complexity index is 806. The van der Waals surface area contributed by atoms with Crippen LogP contribution in [0.25, 0.3) is 22.5 Å². The summed E-state index contributed by atoms with van der Waals surface area (Å²) in [5, 5.41) is 9.12. The molecule has 0 aliphatic carbocycles. The molecule has 2 aromatic heterocycles. The Morgan fingerprint density at radius 1 is 1.05 bits per heavy atom. The first-order valence-electron chi connectivity index (χ1n) is 6.67. The van der Waals surface area contributed by atoms with Crippen molar-refractivity contribution >= 4 is 0 Å². The number of pyridine rings is 1. The average molecular weight is 274 g/mol. The Hall–Kier alpha value is -2.93. The minimum Gasteiger partial charge on any atom is -0.345 e. The molecular formula is C17H14N4. The smallest absolute Gasteiger partial charge is 0.137 e. The van der Waals surface area contributed by atoms with Crippen LogP contribution >= 0.6 is 0 Å². The number of hydrogen-bond donors (Lipinski definition) is 1. The van der Waals surface area contributed by atoms with Gasteiger partial charge in [-0.1, -0.05) is 6.07 Å². The van der Waals surface area contributed by atoms with Gasteiger partial charge in [0, 0.05) is 29.3 Å². The molecule has 0 saturated heterocycles. The highest BCUT2D eigenvalue weighted by Crippen LogP contribution is 2.31. The van der Waals surface area contributed by atoms with E-state index in [1.165, 1.54) is 0 Å². The van der Waals surface area contributed by atoms with E-state index in [1.54, 1.807) is 12.4 Å². The Balaban J connectivity index is 2.25. The van der Waals surface area contributed by atoms with E-state index in [0.717, 1.165) is 33.9 Å². The first-order chi connectivity index (χ1) is 10.2. The summed E-state index contributed by atoms with van der Waals surface area (Å²) >= 11 is 0. The van der Waals surface area contributed by atoms with E-state index >= 15 is 0 Å². The maximum Gasteiger partial charge on any atom is 0.137 e. The van der Waals surface area contributed by atoms with Crippen molar-refractivity contribution in [1.29, 1.82) is 5.26 Å². The van der Waals surface area contributed by atoms with E-state index in [4.69, 9.17) is 5.26 Å². The molecule has 0 bridgehead atoms. The number of nitriles is 1. The van der Waals surface area contributed by atoms with Crippen molar-refractivity contribution in [2.75, 3.05) is 0 Å². The van der Waals surface area contributed by atoms with Gasteiger partial charge in [-0.15, -0.1) is 0 Å². The summed E-state index contributed by atoms with van der Waals surface area (Å²) < 4.78 is 0. The van der Waals surface area contributed by atoms with E-state index in [0.29, 0.717) is 5.56 Å². The third kappa shape index (κ3) is 2.54. The van der Waals surface area contributed by atoms with E-state index in [1.807, 2.05) is 44.2 Å². The van der Waals surface area contributed by atoms with Gasteiger partial charge >= 0.3 is 0 Å². The number of rotatable bonds is 2. The van der Waals surface area contributed by atoms with Gasteiger partial charge in [0.25, 0.3) is 0 Å². The second-order valence-corrected chi connectivity index (χ2v) is 4.95. The van der Waals surface area contributed by atoms with Crippen LogP contribution in [0.3, 0.4) is 0 Å². The third-order valence-corrected chi connectivity index (χ3v) is 3.29. The molecule has 1 N–H and O–H groups in total. The molecule has 4 nitrogen and oxygen atoms in total. The van der Waals surface area contributed by atoms with Crippen LogP contribution < -0.4 is 0 Å². The van der Waals surface area contributed by atoms with Crippen molar-refractivity contribution in [2.45, 2.75) is 13.8 Å². The highest BCUT2D eigenvalue weighted by atomic mass is 14.9. The molecule has 0 radical (unpaired) electrons. The van der Waals surface area contributed by atoms with Crippen LogP contribution in [0.5, 0.6) is 0 Å². The van der Waals surface area contributed by atoms with E-state index in [2.05, 4.69) is 21.0 Å². The number of aromatic amines is 1. The fraction of sp³-hybridized carbons (Fsp3) is 0.118. The molecule has 4 heteroatoms. The molecule has 0 amide bonds. The van der Waals surface area contributed by atoms with E-state index < -0.39 is 0 Å². The summed E-state index contributed by atoms with van der Waals surface area (Å²) in [5.74, 6) is 0.759. The van der Waals surface area contributed by atoms with Crippen LogP contribution in [-0.2, 0) is 0 Å². The lowest BCUT2D eigenvalue weighted by Crippen LogP contribution is -1.92. The molecule has 0 aliphatic heterocycles. The summed E-state index contributed by atoms with van der Waals surface area (Å²) in [4.78, 5) is 11.8. The minimum atomic E-state index is 0.618. The molecule has 2 heterocycles. The van der Waals surface area contributed by atoms with Gasteiger partial charge in [0.15, 0.2) is 0 Å². The lowest BCUT2D eigenvalue weighted by atomic mass is 9.97. The van der Waals surface area contributed by atoms with Crippen molar-refractivity contribution in [3.8, 4) is 28.6 Å². The Kier molecular flexibility index (Phi) is 3.25. The maximum atomic E-state index is 9.12. The number of benzene rings is 1. The molecule has 0 atom stereocenters. The number of aryl methyl sites for hydroxylation is 2. The summed E-state index contributed by atoms with van der Waals surface area (Å²) in [6.07, 6.45) is 3.49. The summed E-state index contributed by atoms with van der Waals surface area (Å²) in [6, 6.07) is 11.9. The third-order valence-electron chi connectivity index (χ3n) is 3.29. The zero-order valence-electron chi connectivity index (χ0n) is 11.9. The van der Waals surface area contributed by atoms with Gasteiger partial charge in [0.05, 0.1) is 11.6 Å². The van der Waals surface area contributed by atoms with Crippen LogP contribution in [0.1, 0.15) is 17.0 Å². The lowest BCUT2D eigenvalue weighted by Gasteiger charge is -2.10. The predicted molar refractivity (Wildman–Crippen MR) is 81.4 cm³/mol. The number of H-pyrrole nitrogens is 1. The van der Waals surface area contributed by atoms with Gasteiger partial charge in [-0.05, 0) is 49.2 Å². The van der Waals surface area contributed by atoms with Crippen LogP contribution in [0, 0.1) is 25.2 Å². The van der Waals surface area contributed by atoms with Crippen LogP contribution in [0.4, 0.5) is 0 Å². The fourth-order valence-electron chi connectivity index (χ4n) is 2.46. The van der Waals surface area contributed by atoms with Crippen molar-refractivity contribution in [1.82, 2.24) is 15.0 Å². The van der Waals surface area contributed by atoms with Crippen LogP contribution in [-0.4, -0.2) is 15.0 Å². The van der Waals surface area contributed by atoms with Crippen molar-refractivity contribution in [3.05, 3.63) is 59.7 Å². The second-order valence-electron chi connectivity index (χ2n) is 4.95. The van der Waals surface area contributed by atoms with Gasteiger partial charge in [0.2, 0.25) is 0 Å². The zero-order chi connectivity index (χ0) is 14.8. The SMILES string of the molecule is Cc1cc(-c2ccc(C#N)cc2-c2ncc[nH]2)cc(C)n1. The minimum absolute atomic E-state index is 0.618. The highest BCUT2D eigenvalue weighted by molar-refractivity contribution is 5.81. The van der Waals surface area contributed by atoms with Gasteiger partial charge < -0.3 is 4.98 Å². The topological polar surface area (TPSA) is 65.4 Å². The Morgan fingerprint density at radius 3 is 2.43 bits per heavy atom. The Morgan fingerprint density at radius 2 is 1.81 bits per heavy atom. The first-order valence-corrected chi connectivity index (χ1v) is 6.67. The predicted octanol–water partition coefficient (Wildman–Crippen LogP) is 3.63. The summed E-state index contributed by atoms with van der Waals surface area (Å²) in [6.45, 7) is 3.96. The average Bonchev–Trinajstić information content (AvgIpc) is 2.99. The molecule has 21 heavy (non-hydrogen) atoms. The van der Waals surface area contributed by atoms with Crippen molar-refractivity contribution in [3.63, 3.8) is 0 Å². The number of imidazole rings is 1. The number of aromatic nitrogens is 3. The second kappa shape index (κ2) is 5.22. The molecule has 0 saturated carbocycles. The largest absolute Gasteiger partial charge is 0.345 e. The standard InChI is InChI=1S/C17H14N4/c1-11-7-14(8-12(2)21-11)15-4-3-13(10-18)9-16(15)17-19-5-6-20-17/h3-9H,1-2H3,(H,19,20). The molecule has 102 valence electrons. The van der Waals surface area contributed by atoms with Crippen molar-refractivity contribution < 1.29 is 0 Å². The molecule has 3 aromatic rings. The zero-order valence-corrected chi connectivity index (χ0v) is 11.9. The van der Waals surface area contributed by atoms with Gasteiger partial charge in [0.1, 0.15) is 5.82 Å². The van der Waals surface area contributed by atoms with Crippen molar-refractivity contribution in [2.24, 2.45) is 0 Å². The summed E-state index contributed by atoms with van der Waals surface area (Å²) in [7, 11) is 0. The fourth-order valence-corrected chi connectivity index (χ4v) is 2.46. The Labute approximate surface area is 123 Å². The molecule has 0 unspecified atom stereocenters. The lowest BCUT2D eigenvalue weighted by molar-refractivity contribution is 1.12. The quantitative estimate of drug-likeness (QED) is 0.776. The monoisotopic (exact) mass is 274 g/mol.